The van der Waals surface area contributed by atoms with E-state index in [9.17, 15) is 4.79 Å². The lowest BCUT2D eigenvalue weighted by atomic mass is 10.3. The monoisotopic (exact) mass is 424 g/mol. The van der Waals surface area contributed by atoms with Crippen LogP contribution in [0.2, 0.25) is 0 Å². The van der Waals surface area contributed by atoms with E-state index in [4.69, 9.17) is 0 Å². The van der Waals surface area contributed by atoms with Crippen LogP contribution in [0.5, 0.6) is 0 Å². The van der Waals surface area contributed by atoms with Gasteiger partial charge in [0.1, 0.15) is 0 Å². The lowest BCUT2D eigenvalue weighted by Crippen LogP contribution is -2.40. The molecule has 120 valence electrons. The summed E-state index contributed by atoms with van der Waals surface area (Å²) in [6.07, 6.45) is 2.41. The van der Waals surface area contributed by atoms with Gasteiger partial charge in [0.2, 0.25) is 5.91 Å². The fourth-order valence-electron chi connectivity index (χ4n) is 1.63. The smallest absolute Gasteiger partial charge is 0.221 e. The average Bonchev–Trinajstić information content (AvgIpc) is 2.96. The summed E-state index contributed by atoms with van der Waals surface area (Å²) in [4.78, 5) is 16.9. The van der Waals surface area contributed by atoms with Crippen LogP contribution >= 0.6 is 35.3 Å². The standard InChI is InChI=1S/C14H24N4OS.HI/c1-3-8-16-13(19)7-10-18-14(15-2)17-9-6-12-5-4-11-20-12;/h4-5,11H,3,6-10H2,1-2H3,(H,16,19)(H2,15,17,18);1H. The van der Waals surface area contributed by atoms with Crippen LogP contribution in [0.3, 0.4) is 0 Å². The number of amides is 1. The number of thiophene rings is 1. The van der Waals surface area contributed by atoms with E-state index < -0.39 is 0 Å². The Hall–Kier alpha value is -0.830. The van der Waals surface area contributed by atoms with Crippen molar-refractivity contribution in [2.45, 2.75) is 26.2 Å². The molecule has 21 heavy (non-hydrogen) atoms. The van der Waals surface area contributed by atoms with Crippen molar-refractivity contribution < 1.29 is 4.79 Å². The first-order chi connectivity index (χ1) is 9.76. The highest BCUT2D eigenvalue weighted by Gasteiger charge is 2.01. The van der Waals surface area contributed by atoms with Crippen molar-refractivity contribution in [2.75, 3.05) is 26.7 Å². The first kappa shape index (κ1) is 20.2. The second-order valence-electron chi connectivity index (χ2n) is 4.36. The van der Waals surface area contributed by atoms with Gasteiger partial charge in [-0.3, -0.25) is 9.79 Å². The Kier molecular flexibility index (Phi) is 12.4. The number of nitrogens with one attached hydrogen (secondary N) is 3. The van der Waals surface area contributed by atoms with Gasteiger partial charge in [-0.05, 0) is 24.3 Å². The molecule has 0 saturated carbocycles. The first-order valence-corrected chi connectivity index (χ1v) is 7.87. The Bertz CT molecular complexity index is 409. The minimum Gasteiger partial charge on any atom is -0.356 e. The summed E-state index contributed by atoms with van der Waals surface area (Å²) in [6, 6.07) is 4.18. The quantitative estimate of drug-likeness (QED) is 0.340. The summed E-state index contributed by atoms with van der Waals surface area (Å²) in [5, 5.41) is 11.3. The molecule has 0 aliphatic carbocycles. The van der Waals surface area contributed by atoms with Crippen molar-refractivity contribution >= 4 is 47.2 Å². The molecular weight excluding hydrogens is 399 g/mol. The van der Waals surface area contributed by atoms with Gasteiger partial charge in [-0.1, -0.05) is 13.0 Å². The van der Waals surface area contributed by atoms with Crippen LogP contribution in [0.1, 0.15) is 24.6 Å². The average molecular weight is 424 g/mol. The molecule has 5 nitrogen and oxygen atoms in total. The van der Waals surface area contributed by atoms with E-state index in [2.05, 4.69) is 38.5 Å². The molecule has 0 saturated heterocycles. The molecule has 0 atom stereocenters. The predicted molar refractivity (Wildman–Crippen MR) is 101 cm³/mol. The van der Waals surface area contributed by atoms with Crippen LogP contribution in [0.25, 0.3) is 0 Å². The number of carbonyl (C=O) groups is 1. The maximum Gasteiger partial charge on any atom is 0.221 e. The van der Waals surface area contributed by atoms with Gasteiger partial charge in [-0.15, -0.1) is 35.3 Å². The molecule has 1 aromatic rings. The van der Waals surface area contributed by atoms with E-state index in [1.54, 1.807) is 18.4 Å². The number of hydrogen-bond acceptors (Lipinski definition) is 3. The van der Waals surface area contributed by atoms with Crippen molar-refractivity contribution in [1.82, 2.24) is 16.0 Å². The van der Waals surface area contributed by atoms with Gasteiger partial charge in [0, 0.05) is 38.0 Å². The molecule has 0 unspecified atom stereocenters. The lowest BCUT2D eigenvalue weighted by molar-refractivity contribution is -0.120. The number of nitrogens with zero attached hydrogens (tertiary/aromatic N) is 1. The van der Waals surface area contributed by atoms with Crippen LogP contribution in [-0.4, -0.2) is 38.5 Å². The number of rotatable bonds is 8. The van der Waals surface area contributed by atoms with Gasteiger partial charge in [-0.2, -0.15) is 0 Å². The number of aliphatic imine (C=N–C) groups is 1. The molecular formula is C14H25IN4OS. The van der Waals surface area contributed by atoms with Crippen LogP contribution in [0.15, 0.2) is 22.5 Å². The highest BCUT2D eigenvalue weighted by atomic mass is 127. The van der Waals surface area contributed by atoms with Gasteiger partial charge in [-0.25, -0.2) is 0 Å². The van der Waals surface area contributed by atoms with Crippen molar-refractivity contribution in [1.29, 1.82) is 0 Å². The highest BCUT2D eigenvalue weighted by molar-refractivity contribution is 14.0. The summed E-state index contributed by atoms with van der Waals surface area (Å²) in [6.45, 7) is 4.21. The summed E-state index contributed by atoms with van der Waals surface area (Å²) in [5.41, 5.74) is 0. The zero-order valence-corrected chi connectivity index (χ0v) is 15.8. The van der Waals surface area contributed by atoms with Crippen LogP contribution < -0.4 is 16.0 Å². The van der Waals surface area contributed by atoms with Crippen molar-refractivity contribution in [3.05, 3.63) is 22.4 Å². The summed E-state index contributed by atoms with van der Waals surface area (Å²) in [5.74, 6) is 0.818. The van der Waals surface area contributed by atoms with Crippen LogP contribution in [0.4, 0.5) is 0 Å². The maximum atomic E-state index is 11.4. The van der Waals surface area contributed by atoms with E-state index in [-0.39, 0.29) is 29.9 Å². The molecule has 7 heteroatoms. The molecule has 3 N–H and O–H groups in total. The van der Waals surface area contributed by atoms with Crippen LogP contribution in [0, 0.1) is 0 Å². The summed E-state index contributed by atoms with van der Waals surface area (Å²) < 4.78 is 0. The molecule has 0 aromatic carbocycles. The molecule has 0 fully saturated rings. The fourth-order valence-corrected chi connectivity index (χ4v) is 2.34. The topological polar surface area (TPSA) is 65.5 Å². The third kappa shape index (κ3) is 9.67. The van der Waals surface area contributed by atoms with Crippen molar-refractivity contribution in [3.63, 3.8) is 0 Å². The SMILES string of the molecule is CCCNC(=O)CCNC(=NC)NCCc1cccs1.I. The summed E-state index contributed by atoms with van der Waals surface area (Å²) in [7, 11) is 1.73. The molecule has 0 radical (unpaired) electrons. The zero-order chi connectivity index (χ0) is 14.6. The predicted octanol–water partition coefficient (Wildman–Crippen LogP) is 1.99. The molecule has 0 aliphatic heterocycles. The number of halogens is 1. The Morgan fingerprint density at radius 3 is 2.62 bits per heavy atom. The van der Waals surface area contributed by atoms with Crippen molar-refractivity contribution in [2.24, 2.45) is 4.99 Å². The van der Waals surface area contributed by atoms with E-state index >= 15 is 0 Å². The van der Waals surface area contributed by atoms with Gasteiger partial charge in [0.25, 0.3) is 0 Å². The van der Waals surface area contributed by atoms with E-state index in [0.29, 0.717) is 13.0 Å². The molecule has 1 heterocycles. The minimum atomic E-state index is 0. The molecule has 1 amide bonds. The number of carbonyl (C=O) groups excluding carboxylic acids is 1. The highest BCUT2D eigenvalue weighted by Crippen LogP contribution is 2.07. The Morgan fingerprint density at radius 2 is 2.00 bits per heavy atom. The second kappa shape index (κ2) is 12.9. The largest absolute Gasteiger partial charge is 0.356 e. The fraction of sp³-hybridized carbons (Fsp3) is 0.571. The number of guanidine groups is 1. The third-order valence-electron chi connectivity index (χ3n) is 2.68. The van der Waals surface area contributed by atoms with E-state index in [1.807, 2.05) is 6.92 Å². The van der Waals surface area contributed by atoms with Crippen molar-refractivity contribution in [3.8, 4) is 0 Å². The second-order valence-corrected chi connectivity index (χ2v) is 5.39. The molecule has 0 spiro atoms. The maximum absolute atomic E-state index is 11.4. The zero-order valence-electron chi connectivity index (χ0n) is 12.6. The molecule has 1 aromatic heterocycles. The third-order valence-corrected chi connectivity index (χ3v) is 3.62. The van der Waals surface area contributed by atoms with E-state index in [1.165, 1.54) is 4.88 Å². The molecule has 0 bridgehead atoms. The Morgan fingerprint density at radius 1 is 1.24 bits per heavy atom. The summed E-state index contributed by atoms with van der Waals surface area (Å²) >= 11 is 1.76. The van der Waals surface area contributed by atoms with E-state index in [0.717, 1.165) is 31.9 Å². The van der Waals surface area contributed by atoms with Gasteiger partial charge >= 0.3 is 0 Å². The van der Waals surface area contributed by atoms with Crippen LogP contribution in [-0.2, 0) is 11.2 Å². The minimum absolute atomic E-state index is 0. The Labute approximate surface area is 148 Å². The normalized spacial score (nSPS) is 10.7. The first-order valence-electron chi connectivity index (χ1n) is 6.99. The lowest BCUT2D eigenvalue weighted by Gasteiger charge is -2.11. The number of hydrogen-bond donors (Lipinski definition) is 3. The van der Waals surface area contributed by atoms with Gasteiger partial charge in [0.05, 0.1) is 0 Å². The van der Waals surface area contributed by atoms with Gasteiger partial charge < -0.3 is 16.0 Å². The van der Waals surface area contributed by atoms with Gasteiger partial charge in [0.15, 0.2) is 5.96 Å². The molecule has 0 aliphatic rings. The molecule has 1 rings (SSSR count). The Balaban J connectivity index is 0.00000400.